The van der Waals surface area contributed by atoms with Crippen LogP contribution in [0.3, 0.4) is 0 Å². The van der Waals surface area contributed by atoms with E-state index in [1.165, 1.54) is 12.8 Å². The third-order valence-electron chi connectivity index (χ3n) is 5.55. The predicted octanol–water partition coefficient (Wildman–Crippen LogP) is 1.15. The first kappa shape index (κ1) is 16.6. The molecule has 0 spiro atoms. The number of hydrogen-bond acceptors (Lipinski definition) is 6. The number of ether oxygens (including phenoxy) is 1. The minimum atomic E-state index is 0.152. The topological polar surface area (TPSA) is 61.8 Å². The van der Waals surface area contributed by atoms with Gasteiger partial charge in [-0.3, -0.25) is 4.79 Å². The van der Waals surface area contributed by atoms with Gasteiger partial charge in [0.2, 0.25) is 11.9 Å². The van der Waals surface area contributed by atoms with Gasteiger partial charge in [0.15, 0.2) is 0 Å². The highest BCUT2D eigenvalue weighted by atomic mass is 16.5. The van der Waals surface area contributed by atoms with Gasteiger partial charge in [-0.15, -0.1) is 0 Å². The van der Waals surface area contributed by atoms with Gasteiger partial charge in [0, 0.05) is 45.2 Å². The first-order valence-electron chi connectivity index (χ1n) is 9.50. The van der Waals surface area contributed by atoms with Crippen LogP contribution in [-0.2, 0) is 9.53 Å². The van der Waals surface area contributed by atoms with Gasteiger partial charge in [0.25, 0.3) is 0 Å². The molecule has 7 heteroatoms. The second kappa shape index (κ2) is 7.56. The van der Waals surface area contributed by atoms with Gasteiger partial charge >= 0.3 is 0 Å². The minimum Gasteiger partial charge on any atom is -0.378 e. The molecular formula is C18H27N5O2. The highest BCUT2D eigenvalue weighted by molar-refractivity contribution is 5.79. The van der Waals surface area contributed by atoms with Crippen molar-refractivity contribution in [1.29, 1.82) is 0 Å². The number of piperidine rings is 1. The lowest BCUT2D eigenvalue weighted by molar-refractivity contribution is -0.140. The molecule has 3 fully saturated rings. The zero-order chi connectivity index (χ0) is 17.1. The first-order valence-corrected chi connectivity index (χ1v) is 9.50. The first-order chi connectivity index (χ1) is 12.3. The maximum Gasteiger partial charge on any atom is 0.225 e. The van der Waals surface area contributed by atoms with Crippen molar-refractivity contribution in [3.05, 3.63) is 12.4 Å². The maximum absolute atomic E-state index is 12.6. The highest BCUT2D eigenvalue weighted by Crippen LogP contribution is 2.25. The van der Waals surface area contributed by atoms with Crippen LogP contribution in [0.15, 0.2) is 12.4 Å². The van der Waals surface area contributed by atoms with E-state index in [0.717, 1.165) is 63.7 Å². The lowest BCUT2D eigenvalue weighted by atomic mass is 9.95. The zero-order valence-corrected chi connectivity index (χ0v) is 14.8. The van der Waals surface area contributed by atoms with Gasteiger partial charge < -0.3 is 19.4 Å². The summed E-state index contributed by atoms with van der Waals surface area (Å²) in [7, 11) is 0. The van der Waals surface area contributed by atoms with Crippen LogP contribution < -0.4 is 9.80 Å². The average Bonchev–Trinajstić information content (AvgIpc) is 3.23. The predicted molar refractivity (Wildman–Crippen MR) is 95.8 cm³/mol. The largest absolute Gasteiger partial charge is 0.378 e. The Labute approximate surface area is 149 Å². The van der Waals surface area contributed by atoms with Crippen LogP contribution in [0.4, 0.5) is 11.6 Å². The Balaban J connectivity index is 1.31. The Kier molecular flexibility index (Phi) is 5.01. The number of amides is 1. The molecule has 136 valence electrons. The molecule has 3 aliphatic heterocycles. The molecule has 0 N–H and O–H groups in total. The molecule has 3 aliphatic rings. The third-order valence-corrected chi connectivity index (χ3v) is 5.55. The van der Waals surface area contributed by atoms with Crippen molar-refractivity contribution in [1.82, 2.24) is 14.9 Å². The molecule has 0 aromatic carbocycles. The fraction of sp³-hybridized carbons (Fsp3) is 0.722. The Hall–Kier alpha value is -1.89. The Morgan fingerprint density at radius 1 is 0.920 bits per heavy atom. The Bertz CT molecular complexity index is 574. The number of rotatable bonds is 3. The molecule has 1 aromatic rings. The number of aromatic nitrogens is 2. The van der Waals surface area contributed by atoms with Crippen LogP contribution in [0.2, 0.25) is 0 Å². The zero-order valence-electron chi connectivity index (χ0n) is 14.8. The van der Waals surface area contributed by atoms with Crippen molar-refractivity contribution in [2.45, 2.75) is 25.7 Å². The highest BCUT2D eigenvalue weighted by Gasteiger charge is 2.29. The summed E-state index contributed by atoms with van der Waals surface area (Å²) in [4.78, 5) is 28.2. The van der Waals surface area contributed by atoms with E-state index < -0.39 is 0 Å². The third kappa shape index (κ3) is 3.71. The normalized spacial score (nSPS) is 22.5. The van der Waals surface area contributed by atoms with Crippen LogP contribution in [-0.4, -0.2) is 73.3 Å². The van der Waals surface area contributed by atoms with E-state index in [1.807, 2.05) is 17.3 Å². The van der Waals surface area contributed by atoms with Crippen molar-refractivity contribution >= 4 is 17.5 Å². The van der Waals surface area contributed by atoms with Gasteiger partial charge in [-0.25, -0.2) is 9.97 Å². The second-order valence-electron chi connectivity index (χ2n) is 7.13. The Morgan fingerprint density at radius 2 is 1.56 bits per heavy atom. The summed E-state index contributed by atoms with van der Waals surface area (Å²) >= 11 is 0. The van der Waals surface area contributed by atoms with Crippen LogP contribution in [0, 0.1) is 5.92 Å². The molecule has 1 aromatic heterocycles. The van der Waals surface area contributed by atoms with Crippen molar-refractivity contribution in [2.75, 3.05) is 62.3 Å². The quantitative estimate of drug-likeness (QED) is 0.819. The van der Waals surface area contributed by atoms with E-state index in [2.05, 4.69) is 19.8 Å². The van der Waals surface area contributed by atoms with Crippen LogP contribution in [0.25, 0.3) is 0 Å². The van der Waals surface area contributed by atoms with Crippen molar-refractivity contribution < 1.29 is 9.53 Å². The van der Waals surface area contributed by atoms with E-state index in [1.54, 1.807) is 0 Å². The fourth-order valence-corrected chi connectivity index (χ4v) is 3.98. The summed E-state index contributed by atoms with van der Waals surface area (Å²) in [5, 5.41) is 0. The molecule has 0 unspecified atom stereocenters. The summed E-state index contributed by atoms with van der Waals surface area (Å²) in [5.41, 5.74) is 1.07. The molecule has 0 bridgehead atoms. The van der Waals surface area contributed by atoms with Gasteiger partial charge in [-0.1, -0.05) is 0 Å². The van der Waals surface area contributed by atoms with Gasteiger partial charge in [0.05, 0.1) is 31.3 Å². The molecule has 4 heterocycles. The van der Waals surface area contributed by atoms with Crippen LogP contribution in [0.1, 0.15) is 25.7 Å². The lowest BCUT2D eigenvalue weighted by Gasteiger charge is -2.36. The molecule has 4 rings (SSSR count). The molecule has 0 atom stereocenters. The molecule has 0 saturated carbocycles. The molecule has 3 saturated heterocycles. The lowest BCUT2D eigenvalue weighted by Crippen LogP contribution is -2.46. The van der Waals surface area contributed by atoms with Gasteiger partial charge in [-0.05, 0) is 25.7 Å². The average molecular weight is 345 g/mol. The number of carbonyl (C=O) groups is 1. The fourth-order valence-electron chi connectivity index (χ4n) is 3.98. The van der Waals surface area contributed by atoms with Gasteiger partial charge in [0.1, 0.15) is 0 Å². The van der Waals surface area contributed by atoms with Crippen LogP contribution >= 0.6 is 0 Å². The van der Waals surface area contributed by atoms with Crippen LogP contribution in [0.5, 0.6) is 0 Å². The smallest absolute Gasteiger partial charge is 0.225 e. The molecule has 1 amide bonds. The molecule has 25 heavy (non-hydrogen) atoms. The van der Waals surface area contributed by atoms with E-state index in [0.29, 0.717) is 19.1 Å². The van der Waals surface area contributed by atoms with Crippen molar-refractivity contribution in [3.63, 3.8) is 0 Å². The summed E-state index contributed by atoms with van der Waals surface area (Å²) < 4.78 is 5.34. The maximum atomic E-state index is 12.6. The Morgan fingerprint density at radius 3 is 2.20 bits per heavy atom. The SMILES string of the molecule is O=C(C1CCN(c2cnc(N3CCCC3)nc2)CC1)N1CCOCC1. The number of anilines is 2. The molecule has 0 aliphatic carbocycles. The standard InChI is InChI=1S/C18H27N5O2/c24-17(22-9-11-25-12-10-22)15-3-7-21(8-4-15)16-13-19-18(20-14-16)23-5-1-2-6-23/h13-15H,1-12H2. The second-order valence-corrected chi connectivity index (χ2v) is 7.13. The summed E-state index contributed by atoms with van der Waals surface area (Å²) in [6.45, 7) is 6.75. The summed E-state index contributed by atoms with van der Waals surface area (Å²) in [6, 6.07) is 0. The number of hydrogen-bond donors (Lipinski definition) is 0. The molecule has 7 nitrogen and oxygen atoms in total. The number of morpholine rings is 1. The number of carbonyl (C=O) groups excluding carboxylic acids is 1. The van der Waals surface area contributed by atoms with Gasteiger partial charge in [-0.2, -0.15) is 0 Å². The van der Waals surface area contributed by atoms with E-state index in [-0.39, 0.29) is 5.92 Å². The monoisotopic (exact) mass is 345 g/mol. The summed E-state index contributed by atoms with van der Waals surface area (Å²) in [5.74, 6) is 1.31. The summed E-state index contributed by atoms with van der Waals surface area (Å²) in [6.07, 6.45) is 8.15. The van der Waals surface area contributed by atoms with E-state index >= 15 is 0 Å². The van der Waals surface area contributed by atoms with E-state index in [9.17, 15) is 4.79 Å². The molecule has 0 radical (unpaired) electrons. The van der Waals surface area contributed by atoms with E-state index in [4.69, 9.17) is 4.74 Å². The molecular weight excluding hydrogens is 318 g/mol. The van der Waals surface area contributed by atoms with Crippen molar-refractivity contribution in [3.8, 4) is 0 Å². The van der Waals surface area contributed by atoms with Crippen molar-refractivity contribution in [2.24, 2.45) is 5.92 Å². The number of nitrogens with zero attached hydrogens (tertiary/aromatic N) is 5. The minimum absolute atomic E-state index is 0.152.